The number of halogens is 1. The van der Waals surface area contributed by atoms with Crippen LogP contribution in [0.3, 0.4) is 0 Å². The van der Waals surface area contributed by atoms with Gasteiger partial charge in [0.05, 0.1) is 23.6 Å². The molecule has 0 N–H and O–H groups in total. The Morgan fingerprint density at radius 2 is 1.93 bits per heavy atom. The molecule has 1 saturated heterocycles. The fourth-order valence-corrected chi connectivity index (χ4v) is 5.06. The summed E-state index contributed by atoms with van der Waals surface area (Å²) in [5.41, 5.74) is 5.06. The summed E-state index contributed by atoms with van der Waals surface area (Å²) in [4.78, 5) is 7.00. The molecule has 1 aromatic carbocycles. The van der Waals surface area contributed by atoms with E-state index in [4.69, 9.17) is 0 Å². The van der Waals surface area contributed by atoms with Gasteiger partial charge in [0.15, 0.2) is 11.5 Å². The number of likely N-dealkylation sites (tertiary alicyclic amines) is 1. The normalized spacial score (nSPS) is 21.1. The minimum Gasteiger partial charge on any atom is -0.301 e. The molecule has 1 unspecified atom stereocenters. The monoisotopic (exact) mass is 404 g/mol. The molecular formula is C23H25FN6. The molecule has 0 bridgehead atoms. The minimum atomic E-state index is -0.295. The molecule has 1 saturated carbocycles. The number of aromatic nitrogens is 5. The van der Waals surface area contributed by atoms with Crippen molar-refractivity contribution in [3.05, 3.63) is 47.7 Å². The Kier molecular flexibility index (Phi) is 3.67. The van der Waals surface area contributed by atoms with Gasteiger partial charge in [-0.15, -0.1) is 0 Å². The minimum absolute atomic E-state index is 0.295. The molecule has 3 aromatic heterocycles. The van der Waals surface area contributed by atoms with Crippen molar-refractivity contribution >= 4 is 16.6 Å². The number of fused-ring (bicyclic) bond motifs is 2. The largest absolute Gasteiger partial charge is 0.301 e. The summed E-state index contributed by atoms with van der Waals surface area (Å²) in [5, 5.41) is 10.1. The number of hydrogen-bond donors (Lipinski definition) is 0. The molecule has 4 heterocycles. The average Bonchev–Trinajstić information content (AvgIpc) is 3.16. The second-order valence-corrected chi connectivity index (χ2v) is 9.16. The van der Waals surface area contributed by atoms with Crippen LogP contribution in [-0.4, -0.2) is 48.4 Å². The SMILES string of the molecule is Cc1cn2nc(-c3cc(F)c4nn(C5CCN(C)C6(CC6)C5)cc4c3)cc(C)c2n1. The molecule has 0 amide bonds. The molecule has 154 valence electrons. The average molecular weight is 404 g/mol. The zero-order valence-electron chi connectivity index (χ0n) is 17.6. The highest BCUT2D eigenvalue weighted by molar-refractivity contribution is 5.84. The van der Waals surface area contributed by atoms with Crippen LogP contribution in [0.5, 0.6) is 0 Å². The lowest BCUT2D eigenvalue weighted by atomic mass is 9.96. The van der Waals surface area contributed by atoms with E-state index in [2.05, 4.69) is 27.1 Å². The first kappa shape index (κ1) is 18.0. The van der Waals surface area contributed by atoms with Crippen LogP contribution in [0.2, 0.25) is 0 Å². The molecule has 1 spiro atoms. The van der Waals surface area contributed by atoms with Crippen LogP contribution in [0.15, 0.2) is 30.6 Å². The number of nitrogens with zero attached hydrogens (tertiary/aromatic N) is 6. The first-order valence-corrected chi connectivity index (χ1v) is 10.7. The fraction of sp³-hybridized carbons (Fsp3) is 0.435. The molecule has 7 heteroatoms. The molecule has 1 aliphatic carbocycles. The maximum absolute atomic E-state index is 15.0. The second-order valence-electron chi connectivity index (χ2n) is 9.16. The van der Waals surface area contributed by atoms with Gasteiger partial charge in [0.25, 0.3) is 0 Å². The van der Waals surface area contributed by atoms with Crippen LogP contribution in [0, 0.1) is 19.7 Å². The third-order valence-electron chi connectivity index (χ3n) is 7.03. The summed E-state index contributed by atoms with van der Waals surface area (Å²) in [6.45, 7) is 5.03. The summed E-state index contributed by atoms with van der Waals surface area (Å²) in [6.07, 6.45) is 8.59. The Morgan fingerprint density at radius 3 is 2.73 bits per heavy atom. The van der Waals surface area contributed by atoms with Crippen LogP contribution in [0.25, 0.3) is 27.8 Å². The molecule has 6 rings (SSSR count). The summed E-state index contributed by atoms with van der Waals surface area (Å²) >= 11 is 0. The van der Waals surface area contributed by atoms with E-state index in [1.165, 1.54) is 12.8 Å². The van der Waals surface area contributed by atoms with Gasteiger partial charge < -0.3 is 4.90 Å². The lowest BCUT2D eigenvalue weighted by molar-refractivity contribution is 0.121. The molecule has 2 fully saturated rings. The Labute approximate surface area is 174 Å². The number of imidazole rings is 1. The zero-order valence-corrected chi connectivity index (χ0v) is 17.6. The molecule has 0 radical (unpaired) electrons. The topological polar surface area (TPSA) is 51.3 Å². The lowest BCUT2D eigenvalue weighted by Gasteiger charge is -2.37. The van der Waals surface area contributed by atoms with Gasteiger partial charge in [-0.1, -0.05) is 0 Å². The van der Waals surface area contributed by atoms with E-state index in [9.17, 15) is 0 Å². The first-order chi connectivity index (χ1) is 14.4. The Morgan fingerprint density at radius 1 is 1.10 bits per heavy atom. The first-order valence-electron chi connectivity index (χ1n) is 10.7. The predicted octanol–water partition coefficient (Wildman–Crippen LogP) is 4.30. The number of piperidine rings is 1. The van der Waals surface area contributed by atoms with E-state index in [0.29, 0.717) is 17.1 Å². The van der Waals surface area contributed by atoms with Gasteiger partial charge in [0, 0.05) is 29.2 Å². The summed E-state index contributed by atoms with van der Waals surface area (Å²) in [5.74, 6) is -0.295. The summed E-state index contributed by atoms with van der Waals surface area (Å²) in [7, 11) is 2.22. The summed E-state index contributed by atoms with van der Waals surface area (Å²) in [6, 6.07) is 5.86. The third-order valence-corrected chi connectivity index (χ3v) is 7.03. The van der Waals surface area contributed by atoms with Gasteiger partial charge in [0.1, 0.15) is 5.52 Å². The van der Waals surface area contributed by atoms with Crippen LogP contribution < -0.4 is 0 Å². The number of aryl methyl sites for hydroxylation is 2. The van der Waals surface area contributed by atoms with Crippen molar-refractivity contribution in [1.29, 1.82) is 0 Å². The van der Waals surface area contributed by atoms with E-state index < -0.39 is 0 Å². The highest BCUT2D eigenvalue weighted by atomic mass is 19.1. The maximum Gasteiger partial charge on any atom is 0.156 e. The van der Waals surface area contributed by atoms with Crippen molar-refractivity contribution in [2.45, 2.75) is 51.1 Å². The highest BCUT2D eigenvalue weighted by Gasteiger charge is 2.50. The molecule has 6 nitrogen and oxygen atoms in total. The van der Waals surface area contributed by atoms with Crippen molar-refractivity contribution in [1.82, 2.24) is 29.3 Å². The van der Waals surface area contributed by atoms with Crippen LogP contribution in [0.1, 0.15) is 43.0 Å². The van der Waals surface area contributed by atoms with Crippen LogP contribution in [0.4, 0.5) is 4.39 Å². The van der Waals surface area contributed by atoms with E-state index >= 15 is 4.39 Å². The predicted molar refractivity (Wildman–Crippen MR) is 114 cm³/mol. The van der Waals surface area contributed by atoms with Gasteiger partial charge in [-0.05, 0) is 70.3 Å². The maximum atomic E-state index is 15.0. The van der Waals surface area contributed by atoms with Crippen molar-refractivity contribution < 1.29 is 4.39 Å². The van der Waals surface area contributed by atoms with E-state index in [0.717, 1.165) is 52.9 Å². The van der Waals surface area contributed by atoms with Gasteiger partial charge in [-0.2, -0.15) is 10.2 Å². The van der Waals surface area contributed by atoms with E-state index in [-0.39, 0.29) is 5.82 Å². The Balaban J connectivity index is 1.41. The zero-order chi connectivity index (χ0) is 20.6. The molecular weight excluding hydrogens is 379 g/mol. The van der Waals surface area contributed by atoms with Crippen LogP contribution in [-0.2, 0) is 0 Å². The molecule has 1 aliphatic heterocycles. The number of benzene rings is 1. The summed E-state index contributed by atoms with van der Waals surface area (Å²) < 4.78 is 18.8. The van der Waals surface area contributed by atoms with Gasteiger partial charge >= 0.3 is 0 Å². The van der Waals surface area contributed by atoms with Crippen LogP contribution >= 0.6 is 0 Å². The highest BCUT2D eigenvalue weighted by Crippen LogP contribution is 2.50. The molecule has 1 atom stereocenters. The van der Waals surface area contributed by atoms with Gasteiger partial charge in [-0.25, -0.2) is 13.9 Å². The Bertz CT molecular complexity index is 1300. The van der Waals surface area contributed by atoms with E-state index in [1.807, 2.05) is 43.1 Å². The van der Waals surface area contributed by atoms with Crippen molar-refractivity contribution in [3.8, 4) is 11.3 Å². The Hall–Kier alpha value is -2.80. The fourth-order valence-electron chi connectivity index (χ4n) is 5.06. The van der Waals surface area contributed by atoms with Crippen molar-refractivity contribution in [2.75, 3.05) is 13.6 Å². The number of rotatable bonds is 2. The van der Waals surface area contributed by atoms with Gasteiger partial charge in [0.2, 0.25) is 0 Å². The van der Waals surface area contributed by atoms with Crippen molar-refractivity contribution in [3.63, 3.8) is 0 Å². The lowest BCUT2D eigenvalue weighted by Crippen LogP contribution is -2.42. The quantitative estimate of drug-likeness (QED) is 0.500. The van der Waals surface area contributed by atoms with Crippen molar-refractivity contribution in [2.24, 2.45) is 0 Å². The molecule has 30 heavy (non-hydrogen) atoms. The number of hydrogen-bond acceptors (Lipinski definition) is 4. The second kappa shape index (κ2) is 6.11. The smallest absolute Gasteiger partial charge is 0.156 e. The van der Waals surface area contributed by atoms with E-state index in [1.54, 1.807) is 10.6 Å². The third kappa shape index (κ3) is 2.68. The molecule has 2 aliphatic rings. The van der Waals surface area contributed by atoms with Gasteiger partial charge in [-0.3, -0.25) is 4.68 Å². The molecule has 4 aromatic rings. The standard InChI is InChI=1S/C23H25FN6/c1-14-8-20(26-30-12-15(2)25-22(14)30)16-9-17-13-29(27-21(17)19(24)10-16)18-4-7-28(3)23(11-18)5-6-23/h8-10,12-13,18H,4-7,11H2,1-3H3.